The second-order valence-electron chi connectivity index (χ2n) is 4.04. The Morgan fingerprint density at radius 2 is 2.21 bits per heavy atom. The number of aryl methyl sites for hydroxylation is 1. The molecule has 0 aliphatic carbocycles. The summed E-state index contributed by atoms with van der Waals surface area (Å²) in [4.78, 5) is 27.3. The number of ether oxygens (including phenoxy) is 1. The van der Waals surface area contributed by atoms with E-state index in [0.717, 1.165) is 0 Å². The van der Waals surface area contributed by atoms with Crippen molar-refractivity contribution in [1.82, 2.24) is 15.0 Å². The minimum atomic E-state index is -0.871. The fourth-order valence-electron chi connectivity index (χ4n) is 1.33. The van der Waals surface area contributed by atoms with Crippen molar-refractivity contribution in [2.45, 2.75) is 26.4 Å². The van der Waals surface area contributed by atoms with Crippen LogP contribution in [-0.4, -0.2) is 52.2 Å². The first-order valence-electron chi connectivity index (χ1n) is 5.81. The van der Waals surface area contributed by atoms with E-state index in [1.807, 2.05) is 0 Å². The SMILES string of the molecule is Cc1noc(COCC(=O)N(C)CCCC(=O)O)n1. The van der Waals surface area contributed by atoms with E-state index in [1.54, 1.807) is 14.0 Å². The molecule has 8 nitrogen and oxygen atoms in total. The highest BCUT2D eigenvalue weighted by Crippen LogP contribution is 1.99. The minimum absolute atomic E-state index is 0.0414. The Bertz CT molecular complexity index is 432. The van der Waals surface area contributed by atoms with Crippen molar-refractivity contribution in [1.29, 1.82) is 0 Å². The summed E-state index contributed by atoms with van der Waals surface area (Å²) in [7, 11) is 1.60. The van der Waals surface area contributed by atoms with Gasteiger partial charge in [-0.2, -0.15) is 4.98 Å². The molecule has 1 amide bonds. The molecule has 0 saturated heterocycles. The molecule has 0 saturated carbocycles. The van der Waals surface area contributed by atoms with Gasteiger partial charge in [-0.25, -0.2) is 0 Å². The van der Waals surface area contributed by atoms with E-state index in [-0.39, 0.29) is 25.5 Å². The molecule has 1 heterocycles. The molecular formula is C11H17N3O5. The van der Waals surface area contributed by atoms with Gasteiger partial charge in [0.1, 0.15) is 13.2 Å². The first kappa shape index (κ1) is 15.1. The summed E-state index contributed by atoms with van der Waals surface area (Å²) in [6.45, 7) is 2.04. The smallest absolute Gasteiger partial charge is 0.303 e. The van der Waals surface area contributed by atoms with Crippen molar-refractivity contribution in [3.05, 3.63) is 11.7 Å². The average Bonchev–Trinajstić information content (AvgIpc) is 2.74. The summed E-state index contributed by atoms with van der Waals surface area (Å²) in [5.74, 6) is -0.264. The molecule has 0 radical (unpaired) electrons. The molecule has 1 aromatic heterocycles. The quantitative estimate of drug-likeness (QED) is 0.720. The van der Waals surface area contributed by atoms with Crippen LogP contribution in [0.4, 0.5) is 0 Å². The van der Waals surface area contributed by atoms with Gasteiger partial charge in [0.05, 0.1) is 0 Å². The number of likely N-dealkylation sites (N-methyl/N-ethyl adjacent to an activating group) is 1. The number of amides is 1. The Labute approximate surface area is 110 Å². The Hall–Kier alpha value is -1.96. The summed E-state index contributed by atoms with van der Waals surface area (Å²) in [6.07, 6.45) is 0.458. The number of aromatic nitrogens is 2. The van der Waals surface area contributed by atoms with Crippen molar-refractivity contribution in [2.24, 2.45) is 0 Å². The number of aliphatic carboxylic acids is 1. The van der Waals surface area contributed by atoms with Crippen LogP contribution in [0.2, 0.25) is 0 Å². The van der Waals surface area contributed by atoms with E-state index in [1.165, 1.54) is 4.90 Å². The summed E-state index contributed by atoms with van der Waals surface area (Å²) >= 11 is 0. The van der Waals surface area contributed by atoms with Gasteiger partial charge in [0.15, 0.2) is 5.82 Å². The van der Waals surface area contributed by atoms with Gasteiger partial charge in [0.25, 0.3) is 5.89 Å². The highest BCUT2D eigenvalue weighted by atomic mass is 16.5. The normalized spacial score (nSPS) is 10.4. The van der Waals surface area contributed by atoms with Crippen LogP contribution >= 0.6 is 0 Å². The largest absolute Gasteiger partial charge is 0.481 e. The van der Waals surface area contributed by atoms with Crippen LogP contribution in [0.25, 0.3) is 0 Å². The van der Waals surface area contributed by atoms with Crippen LogP contribution in [0.1, 0.15) is 24.6 Å². The van der Waals surface area contributed by atoms with Crippen molar-refractivity contribution >= 4 is 11.9 Å². The molecule has 0 bridgehead atoms. The van der Waals surface area contributed by atoms with Gasteiger partial charge in [0, 0.05) is 20.0 Å². The topological polar surface area (TPSA) is 106 Å². The van der Waals surface area contributed by atoms with Crippen LogP contribution < -0.4 is 0 Å². The number of nitrogens with zero attached hydrogens (tertiary/aromatic N) is 3. The van der Waals surface area contributed by atoms with Gasteiger partial charge >= 0.3 is 5.97 Å². The lowest BCUT2D eigenvalue weighted by Crippen LogP contribution is -2.31. The lowest BCUT2D eigenvalue weighted by Gasteiger charge is -2.16. The molecule has 1 rings (SSSR count). The van der Waals surface area contributed by atoms with Gasteiger partial charge in [-0.05, 0) is 13.3 Å². The molecule has 0 unspecified atom stereocenters. The molecule has 0 aromatic carbocycles. The molecule has 0 spiro atoms. The van der Waals surface area contributed by atoms with E-state index in [9.17, 15) is 9.59 Å². The van der Waals surface area contributed by atoms with Gasteiger partial charge in [-0.1, -0.05) is 5.16 Å². The molecule has 1 aromatic rings. The fraction of sp³-hybridized carbons (Fsp3) is 0.636. The zero-order chi connectivity index (χ0) is 14.3. The third kappa shape index (κ3) is 5.96. The van der Waals surface area contributed by atoms with Gasteiger partial charge in [-0.3, -0.25) is 9.59 Å². The molecule has 19 heavy (non-hydrogen) atoms. The summed E-state index contributed by atoms with van der Waals surface area (Å²) in [5.41, 5.74) is 0. The Morgan fingerprint density at radius 1 is 1.47 bits per heavy atom. The minimum Gasteiger partial charge on any atom is -0.481 e. The number of hydrogen-bond acceptors (Lipinski definition) is 6. The second kappa shape index (κ2) is 7.47. The Kier molecular flexibility index (Phi) is 5.94. The first-order chi connectivity index (χ1) is 8.99. The van der Waals surface area contributed by atoms with Gasteiger partial charge in [0.2, 0.25) is 5.91 Å². The molecule has 0 aliphatic heterocycles. The lowest BCUT2D eigenvalue weighted by atomic mass is 10.3. The van der Waals surface area contributed by atoms with Crippen molar-refractivity contribution in [3.63, 3.8) is 0 Å². The van der Waals surface area contributed by atoms with Crippen LogP contribution in [-0.2, 0) is 20.9 Å². The molecule has 0 aliphatic rings. The molecule has 0 fully saturated rings. The van der Waals surface area contributed by atoms with E-state index >= 15 is 0 Å². The maximum absolute atomic E-state index is 11.6. The van der Waals surface area contributed by atoms with Crippen molar-refractivity contribution in [3.8, 4) is 0 Å². The maximum atomic E-state index is 11.6. The predicted molar refractivity (Wildman–Crippen MR) is 63.2 cm³/mol. The predicted octanol–water partition coefficient (Wildman–Crippen LogP) is 0.218. The number of carboxylic acid groups (broad SMARTS) is 1. The van der Waals surface area contributed by atoms with E-state index in [2.05, 4.69) is 10.1 Å². The van der Waals surface area contributed by atoms with E-state index in [0.29, 0.717) is 24.7 Å². The van der Waals surface area contributed by atoms with E-state index < -0.39 is 5.97 Å². The fourth-order valence-corrected chi connectivity index (χ4v) is 1.33. The molecule has 106 valence electrons. The third-order valence-electron chi connectivity index (χ3n) is 2.33. The highest BCUT2D eigenvalue weighted by Gasteiger charge is 2.10. The second-order valence-corrected chi connectivity index (χ2v) is 4.04. The molecular weight excluding hydrogens is 254 g/mol. The molecule has 0 atom stereocenters. The summed E-state index contributed by atoms with van der Waals surface area (Å²) in [5, 5.41) is 12.1. The van der Waals surface area contributed by atoms with Crippen LogP contribution in [0.3, 0.4) is 0 Å². The molecule has 8 heteroatoms. The highest BCUT2D eigenvalue weighted by molar-refractivity contribution is 5.77. The van der Waals surface area contributed by atoms with Crippen LogP contribution in [0.5, 0.6) is 0 Å². The number of carbonyl (C=O) groups is 2. The van der Waals surface area contributed by atoms with Crippen molar-refractivity contribution < 1.29 is 24.0 Å². The average molecular weight is 271 g/mol. The Morgan fingerprint density at radius 3 is 2.79 bits per heavy atom. The Balaban J connectivity index is 2.17. The van der Waals surface area contributed by atoms with Gasteiger partial charge < -0.3 is 19.3 Å². The van der Waals surface area contributed by atoms with E-state index in [4.69, 9.17) is 14.4 Å². The van der Waals surface area contributed by atoms with Gasteiger partial charge in [-0.15, -0.1) is 0 Å². The number of rotatable bonds is 8. The molecule has 1 N–H and O–H groups in total. The number of carboxylic acids is 1. The standard InChI is InChI=1S/C11H17N3O5/c1-8-12-9(19-13-8)6-18-7-10(15)14(2)5-3-4-11(16)17/h3-7H2,1-2H3,(H,16,17). The summed E-state index contributed by atoms with van der Waals surface area (Å²) < 4.78 is 9.96. The summed E-state index contributed by atoms with van der Waals surface area (Å²) in [6, 6.07) is 0. The third-order valence-corrected chi connectivity index (χ3v) is 2.33. The van der Waals surface area contributed by atoms with Crippen LogP contribution in [0, 0.1) is 6.92 Å². The monoisotopic (exact) mass is 271 g/mol. The number of carbonyl (C=O) groups excluding carboxylic acids is 1. The zero-order valence-corrected chi connectivity index (χ0v) is 11.0. The number of hydrogen-bond donors (Lipinski definition) is 1. The maximum Gasteiger partial charge on any atom is 0.303 e. The zero-order valence-electron chi connectivity index (χ0n) is 11.0. The van der Waals surface area contributed by atoms with Crippen molar-refractivity contribution in [2.75, 3.05) is 20.2 Å². The lowest BCUT2D eigenvalue weighted by molar-refractivity contribution is -0.139. The van der Waals surface area contributed by atoms with Crippen LogP contribution in [0.15, 0.2) is 4.52 Å². The first-order valence-corrected chi connectivity index (χ1v) is 5.81.